The Bertz CT molecular complexity index is 964. The summed E-state index contributed by atoms with van der Waals surface area (Å²) in [6.45, 7) is 3.57. The Labute approximate surface area is 358 Å². The molecule has 10 heteroatoms. The third-order valence-corrected chi connectivity index (χ3v) is 11.9. The molecule has 2 atom stereocenters. The third-order valence-electron chi connectivity index (χ3n) is 10.9. The van der Waals surface area contributed by atoms with E-state index >= 15 is 0 Å². The molecule has 0 bridgehead atoms. The van der Waals surface area contributed by atoms with Crippen molar-refractivity contribution in [1.82, 2.24) is 5.32 Å². The largest absolute Gasteiger partial charge is 0.472 e. The number of phosphoric ester groups is 1. The molecule has 0 spiro atoms. The zero-order valence-electron chi connectivity index (χ0n) is 38.0. The van der Waals surface area contributed by atoms with Crippen molar-refractivity contribution < 1.29 is 37.9 Å². The molecule has 0 aromatic rings. The normalized spacial score (nSPS) is 13.2. The molecule has 0 saturated carbocycles. The number of amides is 1. The molecular formula is C48H94NO8P. The average molecular weight is 844 g/mol. The second kappa shape index (κ2) is 45.3. The maximum atomic E-state index is 12.1. The van der Waals surface area contributed by atoms with Crippen LogP contribution < -0.4 is 5.32 Å². The Morgan fingerprint density at radius 2 is 0.879 bits per heavy atom. The van der Waals surface area contributed by atoms with Gasteiger partial charge in [-0.05, 0) is 38.5 Å². The first kappa shape index (κ1) is 56.8. The summed E-state index contributed by atoms with van der Waals surface area (Å²) >= 11 is 0. The van der Waals surface area contributed by atoms with Crippen LogP contribution >= 0.6 is 7.82 Å². The SMILES string of the molecule is CCCCCC/C=C\CCCCCCCC(=O)OCC(O)COP(=O)(O)OCCNC(=O)CCCCCCCCCCCCCCCCCCCCCCCCCC. The van der Waals surface area contributed by atoms with Crippen LogP contribution in [-0.2, 0) is 27.9 Å². The fourth-order valence-corrected chi connectivity index (χ4v) is 7.96. The lowest BCUT2D eigenvalue weighted by molar-refractivity contribution is -0.147. The predicted octanol–water partition coefficient (Wildman–Crippen LogP) is 14.2. The number of carbonyl (C=O) groups excluding carboxylic acids is 2. The fourth-order valence-electron chi connectivity index (χ4n) is 7.20. The van der Waals surface area contributed by atoms with Crippen LogP contribution in [0.5, 0.6) is 0 Å². The number of allylic oxidation sites excluding steroid dienone is 2. The number of phosphoric acid groups is 1. The molecule has 0 fully saturated rings. The summed E-state index contributed by atoms with van der Waals surface area (Å²) in [5, 5.41) is 12.7. The number of esters is 1. The van der Waals surface area contributed by atoms with Gasteiger partial charge in [-0.1, -0.05) is 212 Å². The lowest BCUT2D eigenvalue weighted by Crippen LogP contribution is -2.27. The number of hydrogen-bond acceptors (Lipinski definition) is 7. The molecule has 0 aliphatic heterocycles. The molecule has 344 valence electrons. The number of unbranched alkanes of at least 4 members (excludes halogenated alkanes) is 32. The number of hydrogen-bond donors (Lipinski definition) is 3. The molecule has 0 aliphatic rings. The minimum Gasteiger partial charge on any atom is -0.463 e. The van der Waals surface area contributed by atoms with E-state index in [2.05, 4.69) is 31.3 Å². The Kier molecular flexibility index (Phi) is 44.3. The van der Waals surface area contributed by atoms with Crippen LogP contribution in [0.25, 0.3) is 0 Å². The summed E-state index contributed by atoms with van der Waals surface area (Å²) in [6, 6.07) is 0. The fraction of sp³-hybridized carbons (Fsp3) is 0.917. The summed E-state index contributed by atoms with van der Waals surface area (Å²) in [4.78, 5) is 34.0. The second-order valence-electron chi connectivity index (χ2n) is 16.8. The first-order valence-corrected chi connectivity index (χ1v) is 26.2. The quantitative estimate of drug-likeness (QED) is 0.0239. The highest BCUT2D eigenvalue weighted by Crippen LogP contribution is 2.42. The summed E-state index contributed by atoms with van der Waals surface area (Å²) in [6.07, 6.45) is 48.7. The van der Waals surface area contributed by atoms with Gasteiger partial charge in [0.05, 0.1) is 13.2 Å². The third kappa shape index (κ3) is 45.8. The van der Waals surface area contributed by atoms with E-state index in [-0.39, 0.29) is 32.1 Å². The van der Waals surface area contributed by atoms with Crippen LogP contribution in [0.1, 0.15) is 251 Å². The summed E-state index contributed by atoms with van der Waals surface area (Å²) in [5.41, 5.74) is 0. The van der Waals surface area contributed by atoms with Crippen molar-refractivity contribution in [2.24, 2.45) is 0 Å². The number of aliphatic hydroxyl groups excluding tert-OH is 1. The molecule has 0 aliphatic carbocycles. The Morgan fingerprint density at radius 1 is 0.517 bits per heavy atom. The molecule has 9 nitrogen and oxygen atoms in total. The maximum absolute atomic E-state index is 12.1. The van der Waals surface area contributed by atoms with Crippen molar-refractivity contribution in [3.63, 3.8) is 0 Å². The highest BCUT2D eigenvalue weighted by atomic mass is 31.2. The molecule has 1 amide bonds. The Morgan fingerprint density at radius 3 is 1.31 bits per heavy atom. The van der Waals surface area contributed by atoms with Gasteiger partial charge in [0.2, 0.25) is 5.91 Å². The first-order valence-electron chi connectivity index (χ1n) is 24.7. The van der Waals surface area contributed by atoms with Crippen LogP contribution in [0.2, 0.25) is 0 Å². The van der Waals surface area contributed by atoms with Gasteiger partial charge < -0.3 is 20.1 Å². The van der Waals surface area contributed by atoms with E-state index in [1.165, 1.54) is 167 Å². The maximum Gasteiger partial charge on any atom is 0.472 e. The van der Waals surface area contributed by atoms with E-state index in [0.717, 1.165) is 57.8 Å². The number of nitrogens with one attached hydrogen (secondary N) is 1. The topological polar surface area (TPSA) is 131 Å². The van der Waals surface area contributed by atoms with Gasteiger partial charge in [0.25, 0.3) is 0 Å². The molecule has 58 heavy (non-hydrogen) atoms. The van der Waals surface area contributed by atoms with Crippen LogP contribution in [0, 0.1) is 0 Å². The smallest absolute Gasteiger partial charge is 0.463 e. The minimum absolute atomic E-state index is 0.0859. The summed E-state index contributed by atoms with van der Waals surface area (Å²) in [5.74, 6) is -0.514. The van der Waals surface area contributed by atoms with Crippen LogP contribution in [0.3, 0.4) is 0 Å². The molecule has 3 N–H and O–H groups in total. The number of carbonyl (C=O) groups is 2. The highest BCUT2D eigenvalue weighted by molar-refractivity contribution is 7.47. The van der Waals surface area contributed by atoms with Crippen LogP contribution in [0.4, 0.5) is 0 Å². The van der Waals surface area contributed by atoms with Crippen LogP contribution in [0.15, 0.2) is 12.2 Å². The monoisotopic (exact) mass is 844 g/mol. The lowest BCUT2D eigenvalue weighted by atomic mass is 10.0. The van der Waals surface area contributed by atoms with Gasteiger partial charge in [-0.15, -0.1) is 0 Å². The van der Waals surface area contributed by atoms with Crippen molar-refractivity contribution in [3.05, 3.63) is 12.2 Å². The van der Waals surface area contributed by atoms with Gasteiger partial charge in [-0.25, -0.2) is 4.57 Å². The molecule has 0 aromatic carbocycles. The van der Waals surface area contributed by atoms with E-state index in [4.69, 9.17) is 13.8 Å². The van der Waals surface area contributed by atoms with Crippen molar-refractivity contribution in [1.29, 1.82) is 0 Å². The lowest BCUT2D eigenvalue weighted by Gasteiger charge is -2.15. The first-order chi connectivity index (χ1) is 28.3. The average Bonchev–Trinajstić information content (AvgIpc) is 3.21. The second-order valence-corrected chi connectivity index (χ2v) is 18.2. The predicted molar refractivity (Wildman–Crippen MR) is 243 cm³/mol. The van der Waals surface area contributed by atoms with Gasteiger partial charge >= 0.3 is 13.8 Å². The Hall–Kier alpha value is -1.25. The molecule has 2 unspecified atom stereocenters. The van der Waals surface area contributed by atoms with Gasteiger partial charge in [0, 0.05) is 19.4 Å². The standard InChI is InChI=1S/C48H94NO8P/c1-3-5-7-9-11-13-15-17-18-19-20-21-22-23-24-25-26-27-29-30-32-34-36-38-40-47(51)49-42-43-56-58(53,54)57-45-46(50)44-55-48(52)41-39-37-35-33-31-28-16-14-12-10-8-6-4-2/h14,16,46,50H,3-13,15,17-45H2,1-2H3,(H,49,51)(H,53,54)/b16-14-. The number of aliphatic hydroxyl groups is 1. The van der Waals surface area contributed by atoms with E-state index in [9.17, 15) is 24.2 Å². The zero-order chi connectivity index (χ0) is 42.5. The Balaban J connectivity index is 3.50. The number of rotatable bonds is 47. The van der Waals surface area contributed by atoms with Crippen molar-refractivity contribution >= 4 is 19.7 Å². The summed E-state index contributed by atoms with van der Waals surface area (Å²) < 4.78 is 26.9. The van der Waals surface area contributed by atoms with E-state index < -0.39 is 26.5 Å². The van der Waals surface area contributed by atoms with Crippen molar-refractivity contribution in [3.8, 4) is 0 Å². The molecule has 0 aromatic heterocycles. The molecular weight excluding hydrogens is 750 g/mol. The van der Waals surface area contributed by atoms with Gasteiger partial charge in [0.1, 0.15) is 12.7 Å². The highest BCUT2D eigenvalue weighted by Gasteiger charge is 2.23. The molecule has 0 saturated heterocycles. The summed E-state index contributed by atoms with van der Waals surface area (Å²) in [7, 11) is -4.42. The van der Waals surface area contributed by atoms with Gasteiger partial charge in [-0.3, -0.25) is 18.6 Å². The van der Waals surface area contributed by atoms with E-state index in [1.807, 2.05) is 0 Å². The van der Waals surface area contributed by atoms with Gasteiger partial charge in [0.15, 0.2) is 0 Å². The van der Waals surface area contributed by atoms with E-state index in [0.29, 0.717) is 6.42 Å². The molecule has 0 rings (SSSR count). The zero-order valence-corrected chi connectivity index (χ0v) is 38.9. The van der Waals surface area contributed by atoms with Crippen molar-refractivity contribution in [2.75, 3.05) is 26.4 Å². The molecule has 0 radical (unpaired) electrons. The molecule has 0 heterocycles. The van der Waals surface area contributed by atoms with Crippen LogP contribution in [-0.4, -0.2) is 54.3 Å². The van der Waals surface area contributed by atoms with E-state index in [1.54, 1.807) is 0 Å². The van der Waals surface area contributed by atoms with Gasteiger partial charge in [-0.2, -0.15) is 0 Å². The van der Waals surface area contributed by atoms with Crippen molar-refractivity contribution in [2.45, 2.75) is 258 Å². The number of ether oxygens (including phenoxy) is 1. The minimum atomic E-state index is -4.42.